The summed E-state index contributed by atoms with van der Waals surface area (Å²) in [4.78, 5) is 0. The van der Waals surface area contributed by atoms with Crippen molar-refractivity contribution in [3.8, 4) is 0 Å². The Balaban J connectivity index is 2.52. The Hall–Kier alpha value is 0.350. The van der Waals surface area contributed by atoms with Crippen LogP contribution in [0.2, 0.25) is 0 Å². The first-order valence-corrected chi connectivity index (χ1v) is 6.96. The van der Waals surface area contributed by atoms with Crippen LogP contribution in [0.25, 0.3) is 0 Å². The highest BCUT2D eigenvalue weighted by Gasteiger charge is 2.25. The minimum atomic E-state index is -3.14. The molecule has 1 aliphatic rings. The van der Waals surface area contributed by atoms with Crippen LogP contribution in [0.3, 0.4) is 0 Å². The molecule has 0 bridgehead atoms. The van der Waals surface area contributed by atoms with Crippen LogP contribution in [0.1, 0.15) is 13.3 Å². The summed E-state index contributed by atoms with van der Waals surface area (Å²) in [7, 11) is -3.14. The average Bonchev–Trinajstić information content (AvgIpc) is 2.09. The maximum atomic E-state index is 11.2. The molecule has 0 amide bonds. The van der Waals surface area contributed by atoms with Gasteiger partial charge in [-0.1, -0.05) is 22.9 Å². The highest BCUT2D eigenvalue weighted by atomic mass is 79.9. The van der Waals surface area contributed by atoms with E-state index in [1.54, 1.807) is 0 Å². The number of halogens is 1. The molecule has 0 aromatic carbocycles. The van der Waals surface area contributed by atoms with Gasteiger partial charge in [-0.05, 0) is 12.3 Å². The largest absolute Gasteiger partial charge is 0.381 e. The van der Waals surface area contributed by atoms with E-state index in [9.17, 15) is 8.42 Å². The van der Waals surface area contributed by atoms with E-state index in [4.69, 9.17) is 4.74 Å². The zero-order valence-corrected chi connectivity index (χ0v) is 9.90. The third-order valence-electron chi connectivity index (χ3n) is 2.12. The Bertz CT molecular complexity index is 254. The minimum Gasteiger partial charge on any atom is -0.381 e. The van der Waals surface area contributed by atoms with E-state index in [2.05, 4.69) is 20.7 Å². The smallest absolute Gasteiger partial charge is 0.221 e. The summed E-state index contributed by atoms with van der Waals surface area (Å²) in [6.07, 6.45) is 0.757. The predicted octanol–water partition coefficient (Wildman–Crippen LogP) is 0.683. The maximum Gasteiger partial charge on any atom is 0.221 e. The normalized spacial score (nSPS) is 30.3. The molecule has 2 atom stereocenters. The number of alkyl halides is 1. The van der Waals surface area contributed by atoms with Gasteiger partial charge in [-0.15, -0.1) is 0 Å². The summed E-state index contributed by atoms with van der Waals surface area (Å²) >= 11 is 2.94. The molecular formula is C7H14BrNO3S. The molecule has 1 rings (SSSR count). The predicted molar refractivity (Wildman–Crippen MR) is 54.2 cm³/mol. The standard InChI is InChI=1S/C7H14BrNO3S/c1-6-4-12-3-2-7(6)9-13(10,11)5-8/h6-7,9H,2-5H2,1H3. The molecule has 1 aliphatic heterocycles. The lowest BCUT2D eigenvalue weighted by Gasteiger charge is -2.28. The molecule has 0 aromatic rings. The lowest BCUT2D eigenvalue weighted by Crippen LogP contribution is -2.44. The van der Waals surface area contributed by atoms with E-state index in [0.29, 0.717) is 13.2 Å². The van der Waals surface area contributed by atoms with Crippen LogP contribution in [-0.2, 0) is 14.8 Å². The van der Waals surface area contributed by atoms with Gasteiger partial charge in [0, 0.05) is 12.6 Å². The molecule has 4 nitrogen and oxygen atoms in total. The van der Waals surface area contributed by atoms with Crippen LogP contribution in [0.15, 0.2) is 0 Å². The second kappa shape index (κ2) is 4.72. The molecule has 0 saturated carbocycles. The van der Waals surface area contributed by atoms with Gasteiger partial charge in [0.25, 0.3) is 0 Å². The van der Waals surface area contributed by atoms with Crippen molar-refractivity contribution in [3.05, 3.63) is 0 Å². The number of rotatable bonds is 3. The fraction of sp³-hybridized carbons (Fsp3) is 1.00. The summed E-state index contributed by atoms with van der Waals surface area (Å²) in [6, 6.07) is 0.0244. The molecule has 1 heterocycles. The van der Waals surface area contributed by atoms with Gasteiger partial charge >= 0.3 is 0 Å². The molecule has 78 valence electrons. The van der Waals surface area contributed by atoms with E-state index < -0.39 is 10.0 Å². The van der Waals surface area contributed by atoms with Crippen molar-refractivity contribution < 1.29 is 13.2 Å². The highest BCUT2D eigenvalue weighted by Crippen LogP contribution is 2.14. The van der Waals surface area contributed by atoms with Gasteiger partial charge in [-0.3, -0.25) is 0 Å². The topological polar surface area (TPSA) is 55.4 Å². The monoisotopic (exact) mass is 271 g/mol. The van der Waals surface area contributed by atoms with Crippen molar-refractivity contribution in [1.29, 1.82) is 0 Å². The average molecular weight is 272 g/mol. The lowest BCUT2D eigenvalue weighted by atomic mass is 9.99. The fourth-order valence-electron chi connectivity index (χ4n) is 1.32. The fourth-order valence-corrected chi connectivity index (χ4v) is 2.59. The van der Waals surface area contributed by atoms with Crippen molar-refractivity contribution >= 4 is 26.0 Å². The van der Waals surface area contributed by atoms with Crippen LogP contribution < -0.4 is 4.72 Å². The molecule has 0 aromatic heterocycles. The van der Waals surface area contributed by atoms with E-state index in [-0.39, 0.29) is 16.6 Å². The summed E-state index contributed by atoms with van der Waals surface area (Å²) in [5.74, 6) is 0.252. The second-order valence-electron chi connectivity index (χ2n) is 3.29. The van der Waals surface area contributed by atoms with Crippen LogP contribution in [-0.4, -0.2) is 32.3 Å². The molecule has 0 spiro atoms. The number of hydrogen-bond acceptors (Lipinski definition) is 3. The third kappa shape index (κ3) is 3.53. The molecule has 0 aliphatic carbocycles. The van der Waals surface area contributed by atoms with E-state index >= 15 is 0 Å². The Morgan fingerprint density at radius 1 is 1.62 bits per heavy atom. The van der Waals surface area contributed by atoms with Crippen molar-refractivity contribution in [2.45, 2.75) is 19.4 Å². The quantitative estimate of drug-likeness (QED) is 0.769. The van der Waals surface area contributed by atoms with Gasteiger partial charge in [0.2, 0.25) is 10.0 Å². The van der Waals surface area contributed by atoms with E-state index in [0.717, 1.165) is 6.42 Å². The highest BCUT2D eigenvalue weighted by molar-refractivity contribution is 9.10. The first kappa shape index (κ1) is 11.4. The lowest BCUT2D eigenvalue weighted by molar-refractivity contribution is 0.0451. The summed E-state index contributed by atoms with van der Waals surface area (Å²) < 4.78 is 30.2. The number of hydrogen-bond donors (Lipinski definition) is 1. The molecule has 1 fully saturated rings. The second-order valence-corrected chi connectivity index (χ2v) is 6.35. The summed E-state index contributed by atoms with van der Waals surface area (Å²) in [5, 5.41) is 0. The number of nitrogens with one attached hydrogen (secondary N) is 1. The van der Waals surface area contributed by atoms with Crippen molar-refractivity contribution in [3.63, 3.8) is 0 Å². The van der Waals surface area contributed by atoms with Gasteiger partial charge in [-0.2, -0.15) is 0 Å². The first-order valence-electron chi connectivity index (χ1n) is 4.19. The molecule has 1 N–H and O–H groups in total. The van der Waals surface area contributed by atoms with Gasteiger partial charge in [0.1, 0.15) is 4.66 Å². The molecule has 13 heavy (non-hydrogen) atoms. The van der Waals surface area contributed by atoms with Crippen LogP contribution >= 0.6 is 15.9 Å². The minimum absolute atomic E-state index is 0.0244. The Labute approximate surface area is 87.2 Å². The van der Waals surface area contributed by atoms with Crippen molar-refractivity contribution in [2.75, 3.05) is 17.9 Å². The Kier molecular flexibility index (Phi) is 4.15. The molecular weight excluding hydrogens is 258 g/mol. The van der Waals surface area contributed by atoms with Gasteiger partial charge in [-0.25, -0.2) is 13.1 Å². The van der Waals surface area contributed by atoms with Crippen molar-refractivity contribution in [1.82, 2.24) is 4.72 Å². The SMILES string of the molecule is CC1COCCC1NS(=O)(=O)CBr. The van der Waals surface area contributed by atoms with E-state index in [1.807, 2.05) is 6.92 Å². The molecule has 6 heteroatoms. The Morgan fingerprint density at radius 3 is 2.85 bits per heavy atom. The number of sulfonamides is 1. The summed E-state index contributed by atoms with van der Waals surface area (Å²) in [6.45, 7) is 3.26. The molecule has 2 unspecified atom stereocenters. The number of ether oxygens (including phenoxy) is 1. The van der Waals surface area contributed by atoms with Gasteiger partial charge in [0.05, 0.1) is 6.61 Å². The first-order chi connectivity index (χ1) is 6.05. The van der Waals surface area contributed by atoms with Crippen LogP contribution in [0.5, 0.6) is 0 Å². The van der Waals surface area contributed by atoms with Gasteiger partial charge in [0.15, 0.2) is 0 Å². The molecule has 0 radical (unpaired) electrons. The summed E-state index contributed by atoms with van der Waals surface area (Å²) in [5.41, 5.74) is 0. The third-order valence-corrected chi connectivity index (χ3v) is 4.87. The zero-order valence-electron chi connectivity index (χ0n) is 7.49. The van der Waals surface area contributed by atoms with Gasteiger partial charge < -0.3 is 4.74 Å². The van der Waals surface area contributed by atoms with Crippen LogP contribution in [0.4, 0.5) is 0 Å². The zero-order chi connectivity index (χ0) is 9.90. The van der Waals surface area contributed by atoms with Crippen LogP contribution in [0, 0.1) is 5.92 Å². The Morgan fingerprint density at radius 2 is 2.31 bits per heavy atom. The maximum absolute atomic E-state index is 11.2. The molecule has 1 saturated heterocycles. The van der Waals surface area contributed by atoms with E-state index in [1.165, 1.54) is 0 Å². The van der Waals surface area contributed by atoms with Crippen molar-refractivity contribution in [2.24, 2.45) is 5.92 Å².